The summed E-state index contributed by atoms with van der Waals surface area (Å²) in [6.45, 7) is 3.16. The molecular weight excluding hydrogens is 278 g/mol. The summed E-state index contributed by atoms with van der Waals surface area (Å²) in [6.07, 6.45) is 0.919. The zero-order chi connectivity index (χ0) is 15.8. The Morgan fingerprint density at radius 3 is 2.55 bits per heavy atom. The van der Waals surface area contributed by atoms with Gasteiger partial charge < -0.3 is 14.8 Å². The Bertz CT molecular complexity index is 611. The number of ether oxygens (including phenoxy) is 2. The second-order valence-electron chi connectivity index (χ2n) is 4.88. The van der Waals surface area contributed by atoms with Gasteiger partial charge in [0.05, 0.1) is 13.7 Å². The molecule has 0 heterocycles. The Hall–Kier alpha value is -2.49. The van der Waals surface area contributed by atoms with E-state index in [0.29, 0.717) is 30.2 Å². The topological polar surface area (TPSA) is 47.6 Å². The van der Waals surface area contributed by atoms with Gasteiger partial charge >= 0.3 is 0 Å². The lowest BCUT2D eigenvalue weighted by Crippen LogP contribution is -2.22. The molecule has 4 heteroatoms. The first-order valence-electron chi connectivity index (χ1n) is 7.37. The van der Waals surface area contributed by atoms with Gasteiger partial charge in [0.1, 0.15) is 0 Å². The van der Waals surface area contributed by atoms with Gasteiger partial charge in [-0.3, -0.25) is 4.79 Å². The minimum atomic E-state index is -0.135. The average molecular weight is 299 g/mol. The molecule has 0 saturated heterocycles. The fraction of sp³-hybridized carbons (Fsp3) is 0.278. The zero-order valence-electron chi connectivity index (χ0n) is 13.0. The van der Waals surface area contributed by atoms with E-state index in [9.17, 15) is 4.79 Å². The van der Waals surface area contributed by atoms with E-state index in [4.69, 9.17) is 9.47 Å². The van der Waals surface area contributed by atoms with Crippen molar-refractivity contribution in [1.82, 2.24) is 5.32 Å². The first kappa shape index (κ1) is 15.9. The quantitative estimate of drug-likeness (QED) is 0.852. The Kier molecular flexibility index (Phi) is 5.83. The van der Waals surface area contributed by atoms with E-state index in [1.165, 1.54) is 0 Å². The van der Waals surface area contributed by atoms with Crippen molar-refractivity contribution in [1.29, 1.82) is 0 Å². The van der Waals surface area contributed by atoms with Gasteiger partial charge in [0.2, 0.25) is 0 Å². The molecule has 2 rings (SSSR count). The number of amides is 1. The van der Waals surface area contributed by atoms with Gasteiger partial charge in [-0.1, -0.05) is 37.3 Å². The molecule has 116 valence electrons. The molecule has 1 amide bonds. The van der Waals surface area contributed by atoms with Crippen LogP contribution >= 0.6 is 0 Å². The van der Waals surface area contributed by atoms with E-state index in [2.05, 4.69) is 5.32 Å². The van der Waals surface area contributed by atoms with Gasteiger partial charge in [0.25, 0.3) is 5.91 Å². The summed E-state index contributed by atoms with van der Waals surface area (Å²) in [6, 6.07) is 15.0. The van der Waals surface area contributed by atoms with Crippen LogP contribution < -0.4 is 14.8 Å². The lowest BCUT2D eigenvalue weighted by atomic mass is 10.1. The number of rotatable bonds is 7. The van der Waals surface area contributed by atoms with Crippen LogP contribution in [0.5, 0.6) is 11.5 Å². The molecule has 0 spiro atoms. The van der Waals surface area contributed by atoms with Gasteiger partial charge in [-0.15, -0.1) is 0 Å². The highest BCUT2D eigenvalue weighted by molar-refractivity contribution is 5.94. The first-order chi connectivity index (χ1) is 10.7. The predicted octanol–water partition coefficient (Wildman–Crippen LogP) is 3.41. The minimum absolute atomic E-state index is 0.135. The summed E-state index contributed by atoms with van der Waals surface area (Å²) in [5.74, 6) is 1.09. The Labute approximate surface area is 131 Å². The van der Waals surface area contributed by atoms with Crippen LogP contribution in [0.3, 0.4) is 0 Å². The molecule has 2 aromatic carbocycles. The van der Waals surface area contributed by atoms with Crippen molar-refractivity contribution < 1.29 is 14.3 Å². The highest BCUT2D eigenvalue weighted by Gasteiger charge is 2.11. The van der Waals surface area contributed by atoms with Crippen LogP contribution in [0, 0.1) is 0 Å². The van der Waals surface area contributed by atoms with Crippen LogP contribution in [0.25, 0.3) is 0 Å². The van der Waals surface area contributed by atoms with Crippen LogP contribution in [0.2, 0.25) is 0 Å². The van der Waals surface area contributed by atoms with Crippen molar-refractivity contribution in [3.05, 3.63) is 59.7 Å². The maximum Gasteiger partial charge on any atom is 0.251 e. The Balaban J connectivity index is 2.03. The Morgan fingerprint density at radius 1 is 1.09 bits per heavy atom. The van der Waals surface area contributed by atoms with Crippen molar-refractivity contribution in [3.8, 4) is 11.5 Å². The number of carbonyl (C=O) groups excluding carboxylic acids is 1. The zero-order valence-corrected chi connectivity index (χ0v) is 13.0. The molecule has 0 bridgehead atoms. The second kappa shape index (κ2) is 8.08. The number of carbonyl (C=O) groups is 1. The van der Waals surface area contributed by atoms with E-state index < -0.39 is 0 Å². The summed E-state index contributed by atoms with van der Waals surface area (Å²) >= 11 is 0. The SMILES string of the molecule is CCCOc1ccc(C(=O)NCc2ccccc2)cc1OC. The van der Waals surface area contributed by atoms with Crippen molar-refractivity contribution in [2.75, 3.05) is 13.7 Å². The number of hydrogen-bond donors (Lipinski definition) is 1. The van der Waals surface area contributed by atoms with Crippen molar-refractivity contribution in [2.24, 2.45) is 0 Å². The fourth-order valence-corrected chi connectivity index (χ4v) is 2.02. The lowest BCUT2D eigenvalue weighted by Gasteiger charge is -2.12. The summed E-state index contributed by atoms with van der Waals surface area (Å²) in [5, 5.41) is 2.89. The predicted molar refractivity (Wildman–Crippen MR) is 86.4 cm³/mol. The smallest absolute Gasteiger partial charge is 0.251 e. The molecule has 22 heavy (non-hydrogen) atoms. The molecule has 4 nitrogen and oxygen atoms in total. The molecule has 2 aromatic rings. The lowest BCUT2D eigenvalue weighted by molar-refractivity contribution is 0.0950. The molecule has 0 unspecified atom stereocenters. The molecule has 0 radical (unpaired) electrons. The molecule has 0 aliphatic heterocycles. The third kappa shape index (κ3) is 4.25. The highest BCUT2D eigenvalue weighted by Crippen LogP contribution is 2.28. The maximum absolute atomic E-state index is 12.2. The maximum atomic E-state index is 12.2. The molecular formula is C18H21NO3. The third-order valence-electron chi connectivity index (χ3n) is 3.18. The summed E-state index contributed by atoms with van der Waals surface area (Å²) < 4.78 is 10.9. The van der Waals surface area contributed by atoms with Crippen LogP contribution in [0.4, 0.5) is 0 Å². The van der Waals surface area contributed by atoms with E-state index in [-0.39, 0.29) is 5.91 Å². The summed E-state index contributed by atoms with van der Waals surface area (Å²) in [7, 11) is 1.57. The van der Waals surface area contributed by atoms with E-state index in [1.54, 1.807) is 25.3 Å². The van der Waals surface area contributed by atoms with Crippen LogP contribution in [-0.4, -0.2) is 19.6 Å². The van der Waals surface area contributed by atoms with Crippen molar-refractivity contribution >= 4 is 5.91 Å². The van der Waals surface area contributed by atoms with E-state index in [0.717, 1.165) is 12.0 Å². The van der Waals surface area contributed by atoms with E-state index in [1.807, 2.05) is 37.3 Å². The Morgan fingerprint density at radius 2 is 1.86 bits per heavy atom. The largest absolute Gasteiger partial charge is 0.493 e. The van der Waals surface area contributed by atoms with Gasteiger partial charge in [-0.2, -0.15) is 0 Å². The minimum Gasteiger partial charge on any atom is -0.493 e. The number of benzene rings is 2. The monoisotopic (exact) mass is 299 g/mol. The molecule has 1 N–H and O–H groups in total. The van der Waals surface area contributed by atoms with Crippen molar-refractivity contribution in [3.63, 3.8) is 0 Å². The van der Waals surface area contributed by atoms with Gasteiger partial charge in [0.15, 0.2) is 11.5 Å². The molecule has 0 aliphatic carbocycles. The fourth-order valence-electron chi connectivity index (χ4n) is 2.02. The molecule has 0 aliphatic rings. The third-order valence-corrected chi connectivity index (χ3v) is 3.18. The second-order valence-corrected chi connectivity index (χ2v) is 4.88. The highest BCUT2D eigenvalue weighted by atomic mass is 16.5. The van der Waals surface area contributed by atoms with Crippen LogP contribution in [0.15, 0.2) is 48.5 Å². The number of methoxy groups -OCH3 is 1. The van der Waals surface area contributed by atoms with Crippen LogP contribution in [0.1, 0.15) is 29.3 Å². The molecule has 0 saturated carbocycles. The first-order valence-corrected chi connectivity index (χ1v) is 7.37. The van der Waals surface area contributed by atoms with E-state index >= 15 is 0 Å². The normalized spacial score (nSPS) is 10.1. The average Bonchev–Trinajstić information content (AvgIpc) is 2.58. The van der Waals surface area contributed by atoms with Crippen LogP contribution in [-0.2, 0) is 6.54 Å². The van der Waals surface area contributed by atoms with Gasteiger partial charge in [-0.25, -0.2) is 0 Å². The number of nitrogens with one attached hydrogen (secondary N) is 1. The molecule has 0 aromatic heterocycles. The summed E-state index contributed by atoms with van der Waals surface area (Å²) in [4.78, 5) is 12.2. The summed E-state index contributed by atoms with van der Waals surface area (Å²) in [5.41, 5.74) is 1.61. The van der Waals surface area contributed by atoms with Gasteiger partial charge in [-0.05, 0) is 30.2 Å². The number of hydrogen-bond acceptors (Lipinski definition) is 3. The van der Waals surface area contributed by atoms with Gasteiger partial charge in [0, 0.05) is 12.1 Å². The molecule has 0 fully saturated rings. The molecule has 0 atom stereocenters. The van der Waals surface area contributed by atoms with Crippen molar-refractivity contribution in [2.45, 2.75) is 19.9 Å². The standard InChI is InChI=1S/C18H21NO3/c1-3-11-22-16-10-9-15(12-17(16)21-2)18(20)19-13-14-7-5-4-6-8-14/h4-10,12H,3,11,13H2,1-2H3,(H,19,20).